The van der Waals surface area contributed by atoms with E-state index in [4.69, 9.17) is 0 Å². The van der Waals surface area contributed by atoms with Crippen LogP contribution in [-0.4, -0.2) is 11.1 Å². The summed E-state index contributed by atoms with van der Waals surface area (Å²) in [5, 5.41) is 10.1. The van der Waals surface area contributed by atoms with Crippen LogP contribution in [0.4, 0.5) is 0 Å². The van der Waals surface area contributed by atoms with E-state index in [2.05, 4.69) is 38.1 Å². The molecule has 1 aromatic carbocycles. The van der Waals surface area contributed by atoms with Gasteiger partial charge in [0.2, 0.25) is 0 Å². The van der Waals surface area contributed by atoms with Gasteiger partial charge in [-0.05, 0) is 80.2 Å². The molecule has 2 aliphatic rings. The van der Waals surface area contributed by atoms with Crippen molar-refractivity contribution in [3.8, 4) is 0 Å². The molecule has 0 atom stereocenters. The van der Waals surface area contributed by atoms with Gasteiger partial charge in [0.25, 0.3) is 0 Å². The maximum Gasteiger partial charge on any atom is 0.314 e. The molecule has 0 amide bonds. The Labute approximate surface area is 178 Å². The summed E-state index contributed by atoms with van der Waals surface area (Å²) in [6.07, 6.45) is 17.0. The van der Waals surface area contributed by atoms with E-state index >= 15 is 0 Å². The number of hydrogen-bond acceptors (Lipinski definition) is 1. The number of benzene rings is 1. The molecule has 2 saturated carbocycles. The molecule has 0 aliphatic heterocycles. The summed E-state index contributed by atoms with van der Waals surface area (Å²) in [6, 6.07) is 8.80. The van der Waals surface area contributed by atoms with E-state index in [0.29, 0.717) is 5.92 Å². The summed E-state index contributed by atoms with van der Waals surface area (Å²) in [7, 11) is 0. The van der Waals surface area contributed by atoms with Gasteiger partial charge in [0, 0.05) is 0 Å². The quantitative estimate of drug-likeness (QED) is 0.460. The smallest absolute Gasteiger partial charge is 0.314 e. The molecular weight excluding hydrogens is 356 g/mol. The van der Waals surface area contributed by atoms with Crippen molar-refractivity contribution >= 4 is 5.97 Å². The highest BCUT2D eigenvalue weighted by atomic mass is 16.4. The largest absolute Gasteiger partial charge is 0.481 e. The molecule has 0 aromatic heterocycles. The van der Waals surface area contributed by atoms with Gasteiger partial charge in [-0.2, -0.15) is 0 Å². The monoisotopic (exact) mass is 398 g/mol. The summed E-state index contributed by atoms with van der Waals surface area (Å²) in [5.74, 6) is 1.72. The predicted octanol–water partition coefficient (Wildman–Crippen LogP) is 7.85. The fourth-order valence-corrected chi connectivity index (χ4v) is 5.93. The Morgan fingerprint density at radius 3 is 1.86 bits per heavy atom. The maximum atomic E-state index is 12.3. The second-order valence-electron chi connectivity index (χ2n) is 9.95. The van der Waals surface area contributed by atoms with E-state index in [9.17, 15) is 9.90 Å². The Morgan fingerprint density at radius 2 is 1.38 bits per heavy atom. The minimum atomic E-state index is -0.654. The average Bonchev–Trinajstić information content (AvgIpc) is 2.77. The lowest BCUT2D eigenvalue weighted by Crippen LogP contribution is -2.39. The van der Waals surface area contributed by atoms with Gasteiger partial charge in [-0.25, -0.2) is 0 Å². The second-order valence-corrected chi connectivity index (χ2v) is 9.95. The summed E-state index contributed by atoms with van der Waals surface area (Å²) < 4.78 is 0. The third-order valence-corrected chi connectivity index (χ3v) is 8.08. The van der Waals surface area contributed by atoms with Crippen LogP contribution < -0.4 is 0 Å². The molecule has 29 heavy (non-hydrogen) atoms. The van der Waals surface area contributed by atoms with E-state index in [1.807, 2.05) is 0 Å². The van der Waals surface area contributed by atoms with Crippen LogP contribution in [0.3, 0.4) is 0 Å². The average molecular weight is 399 g/mol. The fourth-order valence-electron chi connectivity index (χ4n) is 5.93. The van der Waals surface area contributed by atoms with E-state index in [1.54, 1.807) is 0 Å². The molecule has 2 heteroatoms. The van der Waals surface area contributed by atoms with Gasteiger partial charge in [-0.1, -0.05) is 76.6 Å². The molecule has 1 aromatic rings. The molecular formula is C27H42O2. The molecule has 162 valence electrons. The predicted molar refractivity (Wildman–Crippen MR) is 121 cm³/mol. The van der Waals surface area contributed by atoms with Crippen molar-refractivity contribution in [1.29, 1.82) is 0 Å². The molecule has 2 nitrogen and oxygen atoms in total. The zero-order valence-corrected chi connectivity index (χ0v) is 18.8. The van der Waals surface area contributed by atoms with Crippen LogP contribution in [0.1, 0.15) is 121 Å². The number of hydrogen-bond donors (Lipinski definition) is 1. The van der Waals surface area contributed by atoms with Crippen LogP contribution in [-0.2, 0) is 10.2 Å². The molecule has 0 spiro atoms. The Hall–Kier alpha value is -1.31. The topological polar surface area (TPSA) is 37.3 Å². The molecule has 2 fully saturated rings. The molecule has 1 N–H and O–H groups in total. The van der Waals surface area contributed by atoms with E-state index < -0.39 is 11.4 Å². The molecule has 0 heterocycles. The lowest BCUT2D eigenvalue weighted by Gasteiger charge is -2.37. The third-order valence-electron chi connectivity index (χ3n) is 8.08. The van der Waals surface area contributed by atoms with Crippen LogP contribution in [0.25, 0.3) is 0 Å². The summed E-state index contributed by atoms with van der Waals surface area (Å²) in [4.78, 5) is 12.3. The fraction of sp³-hybridized carbons (Fsp3) is 0.741. The molecule has 0 saturated heterocycles. The SMILES string of the molecule is CCCCC1CCC(c2ccc(C3(C(=O)O)CCC(CCCC)CC3)cc2)CC1. The zero-order chi connectivity index (χ0) is 20.7. The lowest BCUT2D eigenvalue weighted by molar-refractivity contribution is -0.145. The van der Waals surface area contributed by atoms with Crippen molar-refractivity contribution in [2.75, 3.05) is 0 Å². The lowest BCUT2D eigenvalue weighted by atomic mass is 9.65. The van der Waals surface area contributed by atoms with E-state index in [0.717, 1.165) is 43.1 Å². The number of aliphatic carboxylic acids is 1. The highest BCUT2D eigenvalue weighted by Gasteiger charge is 2.43. The highest BCUT2D eigenvalue weighted by molar-refractivity contribution is 5.81. The van der Waals surface area contributed by atoms with Gasteiger partial charge in [0.05, 0.1) is 5.41 Å². The molecule has 2 aliphatic carbocycles. The van der Waals surface area contributed by atoms with Gasteiger partial charge >= 0.3 is 5.97 Å². The third kappa shape index (κ3) is 5.44. The van der Waals surface area contributed by atoms with Crippen LogP contribution in [0.5, 0.6) is 0 Å². The van der Waals surface area contributed by atoms with Gasteiger partial charge < -0.3 is 5.11 Å². The minimum absolute atomic E-state index is 0.615. The first-order chi connectivity index (χ1) is 14.1. The molecule has 0 bridgehead atoms. The highest BCUT2D eigenvalue weighted by Crippen LogP contribution is 2.44. The Bertz CT molecular complexity index is 616. The van der Waals surface area contributed by atoms with Crippen LogP contribution in [0, 0.1) is 11.8 Å². The van der Waals surface area contributed by atoms with Crippen molar-refractivity contribution in [1.82, 2.24) is 0 Å². The normalized spacial score (nSPS) is 30.2. The Balaban J connectivity index is 1.62. The Morgan fingerprint density at radius 1 is 0.862 bits per heavy atom. The van der Waals surface area contributed by atoms with Crippen molar-refractivity contribution in [3.05, 3.63) is 35.4 Å². The van der Waals surface area contributed by atoms with Crippen LogP contribution >= 0.6 is 0 Å². The molecule has 0 unspecified atom stereocenters. The van der Waals surface area contributed by atoms with Gasteiger partial charge in [0.15, 0.2) is 0 Å². The molecule has 0 radical (unpaired) electrons. The summed E-state index contributed by atoms with van der Waals surface area (Å²) in [6.45, 7) is 4.53. The number of carbonyl (C=O) groups is 1. The van der Waals surface area contributed by atoms with Crippen molar-refractivity contribution in [2.45, 2.75) is 115 Å². The van der Waals surface area contributed by atoms with E-state index in [-0.39, 0.29) is 0 Å². The zero-order valence-electron chi connectivity index (χ0n) is 18.8. The molecule has 3 rings (SSSR count). The Kier molecular flexibility index (Phi) is 8.21. The minimum Gasteiger partial charge on any atom is -0.481 e. The van der Waals surface area contributed by atoms with Crippen LogP contribution in [0.2, 0.25) is 0 Å². The number of rotatable bonds is 9. The van der Waals surface area contributed by atoms with E-state index in [1.165, 1.54) is 69.8 Å². The summed E-state index contributed by atoms with van der Waals surface area (Å²) >= 11 is 0. The van der Waals surface area contributed by atoms with Gasteiger partial charge in [-0.3, -0.25) is 4.79 Å². The van der Waals surface area contributed by atoms with Gasteiger partial charge in [0.1, 0.15) is 0 Å². The first kappa shape index (κ1) is 22.4. The second kappa shape index (κ2) is 10.6. The van der Waals surface area contributed by atoms with Crippen LogP contribution in [0.15, 0.2) is 24.3 Å². The van der Waals surface area contributed by atoms with Gasteiger partial charge in [-0.15, -0.1) is 0 Å². The van der Waals surface area contributed by atoms with Crippen molar-refractivity contribution in [2.24, 2.45) is 11.8 Å². The number of carboxylic acid groups (broad SMARTS) is 1. The first-order valence-electron chi connectivity index (χ1n) is 12.4. The number of carboxylic acids is 1. The van der Waals surface area contributed by atoms with Crippen molar-refractivity contribution in [3.63, 3.8) is 0 Å². The number of unbranched alkanes of at least 4 members (excludes halogenated alkanes) is 2. The first-order valence-corrected chi connectivity index (χ1v) is 12.4. The standard InChI is InChI=1S/C27H42O2/c1-3-5-7-21-9-11-23(12-10-21)24-13-15-25(16-14-24)27(26(28)29)19-17-22(18-20-27)8-6-4-2/h13-16,21-23H,3-12,17-20H2,1-2H3,(H,28,29). The van der Waals surface area contributed by atoms with Crippen molar-refractivity contribution < 1.29 is 9.90 Å². The maximum absolute atomic E-state index is 12.3. The summed E-state index contributed by atoms with van der Waals surface area (Å²) in [5.41, 5.74) is 1.82.